The second-order valence-electron chi connectivity index (χ2n) is 4.78. The molecule has 1 saturated heterocycles. The zero-order chi connectivity index (χ0) is 13.8. The van der Waals surface area contributed by atoms with Crippen LogP contribution in [0.25, 0.3) is 0 Å². The molecule has 0 saturated carbocycles. The van der Waals surface area contributed by atoms with Crippen molar-refractivity contribution in [1.29, 1.82) is 0 Å². The highest BCUT2D eigenvalue weighted by Crippen LogP contribution is 2.26. The molecule has 104 valence electrons. The van der Waals surface area contributed by atoms with Crippen molar-refractivity contribution in [2.45, 2.75) is 31.7 Å². The van der Waals surface area contributed by atoms with Crippen molar-refractivity contribution in [3.63, 3.8) is 0 Å². The summed E-state index contributed by atoms with van der Waals surface area (Å²) in [6.07, 6.45) is 4.00. The second-order valence-corrected chi connectivity index (χ2v) is 6.03. The number of carbonyl (C=O) groups excluding carboxylic acids is 1. The van der Waals surface area contributed by atoms with E-state index in [9.17, 15) is 4.79 Å². The molecule has 1 amide bonds. The van der Waals surface area contributed by atoms with Crippen LogP contribution in [0.5, 0.6) is 0 Å². The highest BCUT2D eigenvalue weighted by atomic mass is 35.5. The number of nitrogens with zero attached hydrogens (tertiary/aromatic N) is 1. The van der Waals surface area contributed by atoms with Crippen molar-refractivity contribution in [2.75, 3.05) is 12.4 Å². The fourth-order valence-electron chi connectivity index (χ4n) is 2.56. The van der Waals surface area contributed by atoms with E-state index in [0.717, 1.165) is 32.2 Å². The molecule has 0 radical (unpaired) electrons. The lowest BCUT2D eigenvalue weighted by atomic mass is 10.1. The highest BCUT2D eigenvalue weighted by molar-refractivity contribution is 6.35. The molecule has 0 N–H and O–H groups in total. The minimum Gasteiger partial charge on any atom is -0.336 e. The van der Waals surface area contributed by atoms with Gasteiger partial charge in [-0.1, -0.05) is 23.2 Å². The number of alkyl halides is 1. The van der Waals surface area contributed by atoms with Gasteiger partial charge < -0.3 is 4.90 Å². The van der Waals surface area contributed by atoms with Crippen molar-refractivity contribution < 1.29 is 4.79 Å². The van der Waals surface area contributed by atoms with Crippen LogP contribution in [0.1, 0.15) is 36.0 Å². The van der Waals surface area contributed by atoms with Crippen molar-refractivity contribution in [2.24, 2.45) is 0 Å². The van der Waals surface area contributed by atoms with Crippen LogP contribution >= 0.6 is 34.8 Å². The smallest absolute Gasteiger partial charge is 0.254 e. The summed E-state index contributed by atoms with van der Waals surface area (Å²) in [5.74, 6) is 0.656. The minimum absolute atomic E-state index is 0.0153. The SMILES string of the molecule is O=C(c1cc(Cl)cc(Cl)c1)N1CCCC1CCCCl. The molecule has 1 aliphatic rings. The molecule has 1 aromatic carbocycles. The normalized spacial score (nSPS) is 18.9. The van der Waals surface area contributed by atoms with Gasteiger partial charge in [0.15, 0.2) is 0 Å². The van der Waals surface area contributed by atoms with Crippen LogP contribution in [0, 0.1) is 0 Å². The van der Waals surface area contributed by atoms with Gasteiger partial charge in [-0.2, -0.15) is 0 Å². The Hall–Kier alpha value is -0.440. The third-order valence-electron chi connectivity index (χ3n) is 3.42. The van der Waals surface area contributed by atoms with Crippen LogP contribution in [-0.2, 0) is 0 Å². The van der Waals surface area contributed by atoms with Gasteiger partial charge in [0.2, 0.25) is 0 Å². The highest BCUT2D eigenvalue weighted by Gasteiger charge is 2.29. The zero-order valence-corrected chi connectivity index (χ0v) is 12.8. The standard InChI is InChI=1S/C14H16Cl3NO/c15-5-1-3-13-4-2-6-18(13)14(19)10-7-11(16)9-12(17)8-10/h7-9,13H,1-6H2. The van der Waals surface area contributed by atoms with E-state index >= 15 is 0 Å². The number of halogens is 3. The number of amides is 1. The van der Waals surface area contributed by atoms with E-state index in [1.807, 2.05) is 4.90 Å². The van der Waals surface area contributed by atoms with Gasteiger partial charge in [0, 0.05) is 34.1 Å². The van der Waals surface area contributed by atoms with Crippen LogP contribution in [0.15, 0.2) is 18.2 Å². The summed E-state index contributed by atoms with van der Waals surface area (Å²) in [7, 11) is 0. The third-order valence-corrected chi connectivity index (χ3v) is 4.12. The van der Waals surface area contributed by atoms with Crippen LogP contribution in [0.2, 0.25) is 10.0 Å². The molecular weight excluding hydrogens is 305 g/mol. The number of likely N-dealkylation sites (tertiary alicyclic amines) is 1. The summed E-state index contributed by atoms with van der Waals surface area (Å²) in [4.78, 5) is 14.4. The lowest BCUT2D eigenvalue weighted by molar-refractivity contribution is 0.0730. The Balaban J connectivity index is 2.13. The predicted molar refractivity (Wildman–Crippen MR) is 80.5 cm³/mol. The molecule has 0 spiro atoms. The fraction of sp³-hybridized carbons (Fsp3) is 0.500. The van der Waals surface area contributed by atoms with Gasteiger partial charge in [-0.15, -0.1) is 11.6 Å². The van der Waals surface area contributed by atoms with E-state index in [2.05, 4.69) is 0 Å². The summed E-state index contributed by atoms with van der Waals surface area (Å²) >= 11 is 17.6. The molecule has 0 bridgehead atoms. The van der Waals surface area contributed by atoms with E-state index < -0.39 is 0 Å². The lowest BCUT2D eigenvalue weighted by Crippen LogP contribution is -2.35. The van der Waals surface area contributed by atoms with Crippen LogP contribution < -0.4 is 0 Å². The lowest BCUT2D eigenvalue weighted by Gasteiger charge is -2.24. The van der Waals surface area contributed by atoms with Crippen molar-refractivity contribution in [3.05, 3.63) is 33.8 Å². The molecule has 1 aromatic rings. The molecule has 5 heteroatoms. The topological polar surface area (TPSA) is 20.3 Å². The molecule has 19 heavy (non-hydrogen) atoms. The molecule has 1 atom stereocenters. The van der Waals surface area contributed by atoms with E-state index in [0.29, 0.717) is 27.5 Å². The van der Waals surface area contributed by atoms with Crippen molar-refractivity contribution in [1.82, 2.24) is 4.90 Å². The van der Waals surface area contributed by atoms with E-state index in [1.165, 1.54) is 0 Å². The zero-order valence-electron chi connectivity index (χ0n) is 10.5. The predicted octanol–water partition coefficient (Wildman–Crippen LogP) is 4.62. The average molecular weight is 321 g/mol. The molecule has 0 aliphatic carbocycles. The Morgan fingerprint density at radius 1 is 1.26 bits per heavy atom. The maximum absolute atomic E-state index is 12.5. The van der Waals surface area contributed by atoms with Gasteiger partial charge in [-0.05, 0) is 43.9 Å². The van der Waals surface area contributed by atoms with E-state index in [1.54, 1.807) is 18.2 Å². The van der Waals surface area contributed by atoms with Gasteiger partial charge in [-0.3, -0.25) is 4.79 Å². The number of carbonyl (C=O) groups is 1. The first-order valence-electron chi connectivity index (χ1n) is 6.45. The van der Waals surface area contributed by atoms with E-state index in [-0.39, 0.29) is 5.91 Å². The summed E-state index contributed by atoms with van der Waals surface area (Å²) in [5, 5.41) is 0.986. The van der Waals surface area contributed by atoms with Gasteiger partial charge in [0.1, 0.15) is 0 Å². The largest absolute Gasteiger partial charge is 0.336 e. The molecular formula is C14H16Cl3NO. The molecule has 1 aliphatic heterocycles. The number of benzene rings is 1. The molecule has 1 heterocycles. The first kappa shape index (κ1) is 15.0. The Morgan fingerprint density at radius 2 is 1.95 bits per heavy atom. The number of hydrogen-bond donors (Lipinski definition) is 0. The maximum Gasteiger partial charge on any atom is 0.254 e. The Morgan fingerprint density at radius 3 is 2.58 bits per heavy atom. The maximum atomic E-state index is 12.5. The van der Waals surface area contributed by atoms with Crippen LogP contribution in [-0.4, -0.2) is 29.3 Å². The Bertz CT molecular complexity index is 444. The molecule has 2 nitrogen and oxygen atoms in total. The van der Waals surface area contributed by atoms with Gasteiger partial charge in [-0.25, -0.2) is 0 Å². The van der Waals surface area contributed by atoms with Gasteiger partial charge in [0.05, 0.1) is 0 Å². The molecule has 1 unspecified atom stereocenters. The summed E-state index contributed by atoms with van der Waals surface area (Å²) in [6.45, 7) is 0.802. The Kier molecular flexibility index (Phi) is 5.37. The van der Waals surface area contributed by atoms with Crippen molar-refractivity contribution >= 4 is 40.7 Å². The van der Waals surface area contributed by atoms with Crippen LogP contribution in [0.4, 0.5) is 0 Å². The van der Waals surface area contributed by atoms with E-state index in [4.69, 9.17) is 34.8 Å². The quantitative estimate of drug-likeness (QED) is 0.741. The first-order valence-corrected chi connectivity index (χ1v) is 7.74. The van der Waals surface area contributed by atoms with Gasteiger partial charge >= 0.3 is 0 Å². The fourth-order valence-corrected chi connectivity index (χ4v) is 3.24. The molecule has 2 rings (SSSR count). The minimum atomic E-state index is 0.0153. The summed E-state index contributed by atoms with van der Waals surface area (Å²) in [6, 6.07) is 5.28. The Labute approximate surface area is 128 Å². The first-order chi connectivity index (χ1) is 9.11. The molecule has 0 aromatic heterocycles. The summed E-state index contributed by atoms with van der Waals surface area (Å²) in [5.41, 5.74) is 0.565. The monoisotopic (exact) mass is 319 g/mol. The van der Waals surface area contributed by atoms with Crippen molar-refractivity contribution in [3.8, 4) is 0 Å². The molecule has 1 fully saturated rings. The van der Waals surface area contributed by atoms with Gasteiger partial charge in [0.25, 0.3) is 5.91 Å². The number of hydrogen-bond acceptors (Lipinski definition) is 1. The third kappa shape index (κ3) is 3.77. The average Bonchev–Trinajstić information content (AvgIpc) is 2.82. The summed E-state index contributed by atoms with van der Waals surface area (Å²) < 4.78 is 0. The second kappa shape index (κ2) is 6.83. The number of rotatable bonds is 4. The van der Waals surface area contributed by atoms with Crippen LogP contribution in [0.3, 0.4) is 0 Å².